The summed E-state index contributed by atoms with van der Waals surface area (Å²) in [7, 11) is 1.23. The highest BCUT2D eigenvalue weighted by molar-refractivity contribution is 5.87. The largest absolute Gasteiger partial charge is 0.467 e. The number of carbonyl (C=O) groups is 2. The standard InChI is InChI=1S/C14H22FNO5/c1-13(2,3)21-12(18)16-7-9(15)5-14(16,11(17)19-4)6-10-8-20-10/h9-10H,5-8H2,1-4H3. The van der Waals surface area contributed by atoms with Gasteiger partial charge in [-0.25, -0.2) is 14.0 Å². The predicted molar refractivity (Wildman–Crippen MR) is 71.6 cm³/mol. The second-order valence-electron chi connectivity index (χ2n) is 6.57. The van der Waals surface area contributed by atoms with Crippen molar-refractivity contribution in [1.29, 1.82) is 0 Å². The van der Waals surface area contributed by atoms with E-state index in [4.69, 9.17) is 14.2 Å². The van der Waals surface area contributed by atoms with E-state index in [-0.39, 0.29) is 25.5 Å². The Balaban J connectivity index is 2.26. The summed E-state index contributed by atoms with van der Waals surface area (Å²) in [6.07, 6.45) is -1.97. The molecule has 2 aliphatic rings. The number of alkyl halides is 1. The maximum absolute atomic E-state index is 13.9. The van der Waals surface area contributed by atoms with E-state index < -0.39 is 29.4 Å². The molecule has 0 aromatic carbocycles. The van der Waals surface area contributed by atoms with Crippen LogP contribution in [0.1, 0.15) is 33.6 Å². The summed E-state index contributed by atoms with van der Waals surface area (Å²) in [4.78, 5) is 25.7. The number of epoxide rings is 1. The molecule has 0 bridgehead atoms. The molecule has 2 fully saturated rings. The number of methoxy groups -OCH3 is 1. The molecule has 2 heterocycles. The summed E-state index contributed by atoms with van der Waals surface area (Å²) in [5.74, 6) is -0.621. The number of nitrogens with zero attached hydrogens (tertiary/aromatic N) is 1. The maximum atomic E-state index is 13.9. The Morgan fingerprint density at radius 2 is 2.05 bits per heavy atom. The molecule has 2 saturated heterocycles. The number of ether oxygens (including phenoxy) is 3. The van der Waals surface area contributed by atoms with Gasteiger partial charge in [0, 0.05) is 12.8 Å². The van der Waals surface area contributed by atoms with Gasteiger partial charge in [0.25, 0.3) is 0 Å². The van der Waals surface area contributed by atoms with E-state index in [0.717, 1.165) is 4.90 Å². The van der Waals surface area contributed by atoms with Crippen molar-refractivity contribution in [2.75, 3.05) is 20.3 Å². The van der Waals surface area contributed by atoms with Gasteiger partial charge in [-0.05, 0) is 20.8 Å². The summed E-state index contributed by atoms with van der Waals surface area (Å²) in [5.41, 5.74) is -2.05. The van der Waals surface area contributed by atoms with E-state index >= 15 is 0 Å². The summed E-state index contributed by atoms with van der Waals surface area (Å²) < 4.78 is 29.2. The van der Waals surface area contributed by atoms with Gasteiger partial charge in [-0.15, -0.1) is 0 Å². The van der Waals surface area contributed by atoms with Crippen molar-refractivity contribution in [3.05, 3.63) is 0 Å². The molecule has 7 heteroatoms. The second kappa shape index (κ2) is 5.44. The van der Waals surface area contributed by atoms with E-state index in [1.54, 1.807) is 20.8 Å². The summed E-state index contributed by atoms with van der Waals surface area (Å²) in [6, 6.07) is 0. The van der Waals surface area contributed by atoms with Crippen molar-refractivity contribution in [2.45, 2.75) is 57.0 Å². The van der Waals surface area contributed by atoms with Crippen molar-refractivity contribution < 1.29 is 28.2 Å². The van der Waals surface area contributed by atoms with E-state index in [0.29, 0.717) is 6.61 Å². The molecule has 3 unspecified atom stereocenters. The van der Waals surface area contributed by atoms with Crippen molar-refractivity contribution in [3.63, 3.8) is 0 Å². The molecule has 21 heavy (non-hydrogen) atoms. The first-order chi connectivity index (χ1) is 9.68. The highest BCUT2D eigenvalue weighted by Crippen LogP contribution is 2.40. The smallest absolute Gasteiger partial charge is 0.411 e. The number of amides is 1. The van der Waals surface area contributed by atoms with Crippen molar-refractivity contribution >= 4 is 12.1 Å². The zero-order valence-electron chi connectivity index (χ0n) is 12.8. The Hall–Kier alpha value is -1.37. The minimum absolute atomic E-state index is 0.0845. The lowest BCUT2D eigenvalue weighted by Crippen LogP contribution is -2.55. The lowest BCUT2D eigenvalue weighted by Gasteiger charge is -2.36. The molecule has 0 aliphatic carbocycles. The molecule has 2 aliphatic heterocycles. The summed E-state index contributed by atoms with van der Waals surface area (Å²) in [6.45, 7) is 5.50. The Labute approximate surface area is 123 Å². The zero-order valence-corrected chi connectivity index (χ0v) is 12.8. The first kappa shape index (κ1) is 16.0. The van der Waals surface area contributed by atoms with Crippen LogP contribution in [0.3, 0.4) is 0 Å². The van der Waals surface area contributed by atoms with E-state index in [9.17, 15) is 14.0 Å². The van der Waals surface area contributed by atoms with Gasteiger partial charge in [-0.3, -0.25) is 4.90 Å². The normalized spacial score (nSPS) is 32.0. The number of likely N-dealkylation sites (tertiary alicyclic amines) is 1. The molecule has 120 valence electrons. The number of esters is 1. The lowest BCUT2D eigenvalue weighted by molar-refractivity contribution is -0.154. The first-order valence-electron chi connectivity index (χ1n) is 7.03. The van der Waals surface area contributed by atoms with Crippen molar-refractivity contribution in [1.82, 2.24) is 4.90 Å². The third-order valence-corrected chi connectivity index (χ3v) is 3.60. The molecule has 0 spiro atoms. The third kappa shape index (κ3) is 3.45. The minimum Gasteiger partial charge on any atom is -0.467 e. The summed E-state index contributed by atoms with van der Waals surface area (Å²) >= 11 is 0. The quantitative estimate of drug-likeness (QED) is 0.586. The van der Waals surface area contributed by atoms with Gasteiger partial charge >= 0.3 is 12.1 Å². The predicted octanol–water partition coefficient (Wildman–Crippen LogP) is 1.67. The van der Waals surface area contributed by atoms with Crippen LogP contribution >= 0.6 is 0 Å². The number of carbonyl (C=O) groups excluding carboxylic acids is 2. The molecule has 0 aromatic heterocycles. The number of halogens is 1. The number of hydrogen-bond acceptors (Lipinski definition) is 5. The SMILES string of the molecule is COC(=O)C1(CC2CO2)CC(F)CN1C(=O)OC(C)(C)C. The lowest BCUT2D eigenvalue weighted by atomic mass is 9.90. The van der Waals surface area contributed by atoms with Gasteiger partial charge in [-0.1, -0.05) is 0 Å². The molecule has 0 aromatic rings. The van der Waals surface area contributed by atoms with Crippen LogP contribution in [0.2, 0.25) is 0 Å². The van der Waals surface area contributed by atoms with Crippen LogP contribution in [0.4, 0.5) is 9.18 Å². The van der Waals surface area contributed by atoms with E-state index in [2.05, 4.69) is 0 Å². The van der Waals surface area contributed by atoms with Crippen LogP contribution < -0.4 is 0 Å². The Bertz CT molecular complexity index is 432. The van der Waals surface area contributed by atoms with Gasteiger partial charge in [0.1, 0.15) is 17.3 Å². The van der Waals surface area contributed by atoms with Crippen LogP contribution in [-0.2, 0) is 19.0 Å². The topological polar surface area (TPSA) is 68.4 Å². The number of rotatable bonds is 3. The van der Waals surface area contributed by atoms with Crippen LogP contribution in [0.5, 0.6) is 0 Å². The van der Waals surface area contributed by atoms with E-state index in [1.165, 1.54) is 7.11 Å². The molecule has 0 radical (unpaired) electrons. The van der Waals surface area contributed by atoms with Crippen LogP contribution in [0.15, 0.2) is 0 Å². The van der Waals surface area contributed by atoms with Crippen molar-refractivity contribution in [2.24, 2.45) is 0 Å². The Morgan fingerprint density at radius 1 is 1.43 bits per heavy atom. The van der Waals surface area contributed by atoms with Gasteiger partial charge < -0.3 is 14.2 Å². The fourth-order valence-electron chi connectivity index (χ4n) is 2.70. The Kier molecular flexibility index (Phi) is 4.15. The van der Waals surface area contributed by atoms with Crippen molar-refractivity contribution in [3.8, 4) is 0 Å². The Morgan fingerprint density at radius 3 is 2.52 bits per heavy atom. The van der Waals surface area contributed by atoms with Gasteiger partial charge in [-0.2, -0.15) is 0 Å². The fraction of sp³-hybridized carbons (Fsp3) is 0.857. The summed E-state index contributed by atoms with van der Waals surface area (Å²) in [5, 5.41) is 0. The van der Waals surface area contributed by atoms with Gasteiger partial charge in [0.05, 0.1) is 26.4 Å². The molecular weight excluding hydrogens is 281 g/mol. The average molecular weight is 303 g/mol. The molecule has 0 N–H and O–H groups in total. The molecule has 2 rings (SSSR count). The maximum Gasteiger partial charge on any atom is 0.411 e. The second-order valence-corrected chi connectivity index (χ2v) is 6.57. The minimum atomic E-state index is -1.34. The van der Waals surface area contributed by atoms with Gasteiger partial charge in [0.2, 0.25) is 0 Å². The number of hydrogen-bond donors (Lipinski definition) is 0. The molecule has 6 nitrogen and oxygen atoms in total. The highest BCUT2D eigenvalue weighted by atomic mass is 19.1. The average Bonchev–Trinajstić information content (AvgIpc) is 3.08. The highest BCUT2D eigenvalue weighted by Gasteiger charge is 2.57. The van der Waals surface area contributed by atoms with Crippen LogP contribution in [0, 0.1) is 0 Å². The van der Waals surface area contributed by atoms with Crippen LogP contribution in [0.25, 0.3) is 0 Å². The van der Waals surface area contributed by atoms with Crippen LogP contribution in [-0.4, -0.2) is 60.6 Å². The molecule has 3 atom stereocenters. The first-order valence-corrected chi connectivity index (χ1v) is 7.03. The zero-order chi connectivity index (χ0) is 15.8. The van der Waals surface area contributed by atoms with E-state index in [1.807, 2.05) is 0 Å². The monoisotopic (exact) mass is 303 g/mol. The molecule has 1 amide bonds. The van der Waals surface area contributed by atoms with Gasteiger partial charge in [0.15, 0.2) is 0 Å². The third-order valence-electron chi connectivity index (χ3n) is 3.60. The molecule has 0 saturated carbocycles. The fourth-order valence-corrected chi connectivity index (χ4v) is 2.70. The molecular formula is C14H22FNO5.